The van der Waals surface area contributed by atoms with Crippen LogP contribution < -0.4 is 0 Å². The van der Waals surface area contributed by atoms with E-state index in [-0.39, 0.29) is 5.69 Å². The number of benzene rings is 1. The molecule has 0 atom stereocenters. The molecule has 6 heteroatoms. The highest BCUT2D eigenvalue weighted by Crippen LogP contribution is 2.23. The van der Waals surface area contributed by atoms with Gasteiger partial charge >= 0.3 is 5.97 Å². The van der Waals surface area contributed by atoms with Crippen molar-refractivity contribution in [2.75, 3.05) is 6.61 Å². The van der Waals surface area contributed by atoms with Gasteiger partial charge in [-0.2, -0.15) is 0 Å². The second-order valence-corrected chi connectivity index (χ2v) is 4.27. The van der Waals surface area contributed by atoms with Gasteiger partial charge in [0.25, 0.3) is 5.89 Å². The molecule has 0 saturated heterocycles. The summed E-state index contributed by atoms with van der Waals surface area (Å²) in [5.41, 5.74) is 2.30. The van der Waals surface area contributed by atoms with Crippen molar-refractivity contribution in [1.82, 2.24) is 15.0 Å². The Morgan fingerprint density at radius 1 is 1.35 bits per heavy atom. The zero-order chi connectivity index (χ0) is 14.1. The Bertz CT molecular complexity index is 740. The highest BCUT2D eigenvalue weighted by atomic mass is 16.5. The standard InChI is InChI=1S/C14H13N3O3/c1-3-19-14(18)11-8(2)15-12(17-11)13-16-9-6-4-5-7-10(9)20-13/h4-7H,3H2,1-2H3,(H,15,17). The summed E-state index contributed by atoms with van der Waals surface area (Å²) in [6, 6.07) is 7.43. The number of ether oxygens (including phenoxy) is 1. The molecule has 0 radical (unpaired) electrons. The highest BCUT2D eigenvalue weighted by Gasteiger charge is 2.19. The lowest BCUT2D eigenvalue weighted by atomic mass is 10.3. The smallest absolute Gasteiger partial charge is 0.358 e. The quantitative estimate of drug-likeness (QED) is 0.741. The van der Waals surface area contributed by atoms with Gasteiger partial charge in [0, 0.05) is 5.69 Å². The maximum Gasteiger partial charge on any atom is 0.358 e. The normalized spacial score (nSPS) is 10.9. The maximum absolute atomic E-state index is 11.7. The van der Waals surface area contributed by atoms with Crippen molar-refractivity contribution in [1.29, 1.82) is 0 Å². The Labute approximate surface area is 114 Å². The molecule has 0 fully saturated rings. The number of nitrogens with zero attached hydrogens (tertiary/aromatic N) is 2. The second-order valence-electron chi connectivity index (χ2n) is 4.27. The molecule has 0 unspecified atom stereocenters. The summed E-state index contributed by atoms with van der Waals surface area (Å²) in [5.74, 6) is 0.315. The number of imidazole rings is 1. The molecule has 3 rings (SSSR count). The molecule has 6 nitrogen and oxygen atoms in total. The molecule has 1 aromatic carbocycles. The molecule has 0 bridgehead atoms. The summed E-state index contributed by atoms with van der Waals surface area (Å²) < 4.78 is 10.5. The van der Waals surface area contributed by atoms with Gasteiger partial charge in [0.2, 0.25) is 0 Å². The van der Waals surface area contributed by atoms with Crippen LogP contribution >= 0.6 is 0 Å². The number of carbonyl (C=O) groups excluding carboxylic acids is 1. The second kappa shape index (κ2) is 4.80. The average molecular weight is 271 g/mol. The van der Waals surface area contributed by atoms with Gasteiger partial charge in [0.1, 0.15) is 5.52 Å². The van der Waals surface area contributed by atoms with Crippen LogP contribution in [0.2, 0.25) is 0 Å². The maximum atomic E-state index is 11.7. The SMILES string of the molecule is CCOC(=O)c1nc(-c2nc3ccccc3o2)[nH]c1C. The number of nitrogens with one attached hydrogen (secondary N) is 1. The van der Waals surface area contributed by atoms with E-state index >= 15 is 0 Å². The lowest BCUT2D eigenvalue weighted by Crippen LogP contribution is -2.06. The van der Waals surface area contributed by atoms with E-state index in [1.54, 1.807) is 13.8 Å². The topological polar surface area (TPSA) is 81.0 Å². The Morgan fingerprint density at radius 3 is 2.90 bits per heavy atom. The monoisotopic (exact) mass is 271 g/mol. The number of H-pyrrole nitrogens is 1. The number of para-hydroxylation sites is 2. The van der Waals surface area contributed by atoms with Crippen LogP contribution in [-0.2, 0) is 4.74 Å². The Kier molecular flexibility index (Phi) is 2.98. The van der Waals surface area contributed by atoms with E-state index in [9.17, 15) is 4.79 Å². The molecule has 0 spiro atoms. The van der Waals surface area contributed by atoms with Gasteiger partial charge in [0.05, 0.1) is 6.61 Å². The molecule has 0 aliphatic rings. The third-order valence-corrected chi connectivity index (χ3v) is 2.85. The number of hydrogen-bond donors (Lipinski definition) is 1. The lowest BCUT2D eigenvalue weighted by molar-refractivity contribution is 0.0519. The molecule has 102 valence electrons. The van der Waals surface area contributed by atoms with Crippen LogP contribution in [0.5, 0.6) is 0 Å². The number of aromatic amines is 1. The summed E-state index contributed by atoms with van der Waals surface area (Å²) in [5, 5.41) is 0. The number of esters is 1. The first kappa shape index (κ1) is 12.4. The van der Waals surface area contributed by atoms with Gasteiger partial charge in [-0.25, -0.2) is 14.8 Å². The molecule has 0 aliphatic carbocycles. The van der Waals surface area contributed by atoms with Crippen molar-refractivity contribution >= 4 is 17.1 Å². The van der Waals surface area contributed by atoms with E-state index < -0.39 is 5.97 Å². The van der Waals surface area contributed by atoms with Gasteiger partial charge in [0.15, 0.2) is 17.1 Å². The van der Waals surface area contributed by atoms with Crippen LogP contribution in [0.25, 0.3) is 22.8 Å². The molecule has 2 aromatic heterocycles. The number of aryl methyl sites for hydroxylation is 1. The summed E-state index contributed by atoms with van der Waals surface area (Å²) in [7, 11) is 0. The molecular formula is C14H13N3O3. The fourth-order valence-electron chi connectivity index (χ4n) is 1.93. The predicted molar refractivity (Wildman–Crippen MR) is 72.3 cm³/mol. The van der Waals surface area contributed by atoms with E-state index in [1.165, 1.54) is 0 Å². The number of hydrogen-bond acceptors (Lipinski definition) is 5. The minimum Gasteiger partial charge on any atom is -0.461 e. The number of rotatable bonds is 3. The molecule has 0 amide bonds. The number of carbonyl (C=O) groups is 1. The Morgan fingerprint density at radius 2 is 2.15 bits per heavy atom. The van der Waals surface area contributed by atoms with Crippen LogP contribution in [0.3, 0.4) is 0 Å². The predicted octanol–water partition coefficient (Wildman–Crippen LogP) is 2.70. The van der Waals surface area contributed by atoms with Crippen molar-refractivity contribution in [3.63, 3.8) is 0 Å². The van der Waals surface area contributed by atoms with Crippen molar-refractivity contribution in [2.24, 2.45) is 0 Å². The van der Waals surface area contributed by atoms with Crippen molar-refractivity contribution in [3.05, 3.63) is 35.7 Å². The van der Waals surface area contributed by atoms with E-state index in [0.29, 0.717) is 29.6 Å². The molecule has 2 heterocycles. The zero-order valence-electron chi connectivity index (χ0n) is 11.1. The van der Waals surface area contributed by atoms with Gasteiger partial charge in [-0.05, 0) is 26.0 Å². The van der Waals surface area contributed by atoms with Crippen molar-refractivity contribution in [2.45, 2.75) is 13.8 Å². The highest BCUT2D eigenvalue weighted by molar-refractivity contribution is 5.89. The van der Waals surface area contributed by atoms with Crippen LogP contribution in [0.4, 0.5) is 0 Å². The molecular weight excluding hydrogens is 258 g/mol. The molecule has 0 aliphatic heterocycles. The summed E-state index contributed by atoms with van der Waals surface area (Å²) >= 11 is 0. The first-order valence-electron chi connectivity index (χ1n) is 6.28. The number of aromatic nitrogens is 3. The summed E-state index contributed by atoms with van der Waals surface area (Å²) in [4.78, 5) is 23.3. The van der Waals surface area contributed by atoms with Gasteiger partial charge < -0.3 is 14.1 Å². The minimum absolute atomic E-state index is 0.254. The minimum atomic E-state index is -0.455. The Balaban J connectivity index is 2.02. The average Bonchev–Trinajstić information content (AvgIpc) is 3.02. The van der Waals surface area contributed by atoms with Gasteiger partial charge in [-0.1, -0.05) is 12.1 Å². The van der Waals surface area contributed by atoms with Gasteiger partial charge in [-0.3, -0.25) is 0 Å². The molecule has 1 N–H and O–H groups in total. The molecule has 20 heavy (non-hydrogen) atoms. The lowest BCUT2D eigenvalue weighted by Gasteiger charge is -1.97. The third-order valence-electron chi connectivity index (χ3n) is 2.85. The Hall–Kier alpha value is -2.63. The zero-order valence-corrected chi connectivity index (χ0v) is 11.1. The van der Waals surface area contributed by atoms with Crippen molar-refractivity contribution < 1.29 is 13.9 Å². The van der Waals surface area contributed by atoms with Crippen LogP contribution in [0, 0.1) is 6.92 Å². The fourth-order valence-corrected chi connectivity index (χ4v) is 1.93. The van der Waals surface area contributed by atoms with Crippen LogP contribution in [0.15, 0.2) is 28.7 Å². The number of fused-ring (bicyclic) bond motifs is 1. The van der Waals surface area contributed by atoms with E-state index in [2.05, 4.69) is 15.0 Å². The van der Waals surface area contributed by atoms with E-state index in [4.69, 9.17) is 9.15 Å². The first-order chi connectivity index (χ1) is 9.69. The largest absolute Gasteiger partial charge is 0.461 e. The van der Waals surface area contributed by atoms with Crippen LogP contribution in [0.1, 0.15) is 23.1 Å². The first-order valence-corrected chi connectivity index (χ1v) is 6.28. The van der Waals surface area contributed by atoms with Gasteiger partial charge in [-0.15, -0.1) is 0 Å². The van der Waals surface area contributed by atoms with Crippen LogP contribution in [-0.4, -0.2) is 27.5 Å². The fraction of sp³-hybridized carbons (Fsp3) is 0.214. The summed E-state index contributed by atoms with van der Waals surface area (Å²) in [6.07, 6.45) is 0. The third kappa shape index (κ3) is 2.05. The van der Waals surface area contributed by atoms with E-state index in [1.807, 2.05) is 24.3 Å². The van der Waals surface area contributed by atoms with Crippen molar-refractivity contribution in [3.8, 4) is 11.7 Å². The summed E-state index contributed by atoms with van der Waals surface area (Å²) in [6.45, 7) is 3.82. The molecule has 0 saturated carbocycles. The van der Waals surface area contributed by atoms with E-state index in [0.717, 1.165) is 5.52 Å². The molecule has 3 aromatic rings. The number of oxazole rings is 1.